The minimum absolute atomic E-state index is 0.206. The highest BCUT2D eigenvalue weighted by atomic mass is 32.2. The predicted molar refractivity (Wildman–Crippen MR) is 77.3 cm³/mol. The van der Waals surface area contributed by atoms with Crippen LogP contribution in [0.3, 0.4) is 0 Å². The average Bonchev–Trinajstić information content (AvgIpc) is 2.35. The van der Waals surface area contributed by atoms with Gasteiger partial charge >= 0.3 is 0 Å². The second-order valence-corrected chi connectivity index (χ2v) is 7.73. The van der Waals surface area contributed by atoms with Crippen LogP contribution in [-0.4, -0.2) is 22.3 Å². The maximum Gasteiger partial charge on any atom is 0.272 e. The zero-order valence-electron chi connectivity index (χ0n) is 12.8. The molecule has 0 amide bonds. The highest BCUT2D eigenvalue weighted by Gasteiger charge is 2.29. The number of ether oxygens (including phenoxy) is 1. The molecule has 1 N–H and O–H groups in total. The van der Waals surface area contributed by atoms with Gasteiger partial charge < -0.3 is 9.29 Å². The van der Waals surface area contributed by atoms with Crippen molar-refractivity contribution in [2.45, 2.75) is 44.9 Å². The Morgan fingerprint density at radius 3 is 2.14 bits per heavy atom. The summed E-state index contributed by atoms with van der Waals surface area (Å²) in [4.78, 5) is 0. The molecule has 0 fully saturated rings. The van der Waals surface area contributed by atoms with Crippen molar-refractivity contribution in [3.8, 4) is 5.75 Å². The Morgan fingerprint density at radius 1 is 1.23 bits per heavy atom. The van der Waals surface area contributed by atoms with Gasteiger partial charge in [0.2, 0.25) is 0 Å². The minimum atomic E-state index is -2.83. The third-order valence-electron chi connectivity index (χ3n) is 2.71. The number of halogens is 4. The number of benzene rings is 1. The van der Waals surface area contributed by atoms with Gasteiger partial charge in [0, 0.05) is 11.4 Å². The van der Waals surface area contributed by atoms with Gasteiger partial charge in [-0.25, -0.2) is 17.6 Å². The molecule has 2 atom stereocenters. The first-order valence-corrected chi connectivity index (χ1v) is 7.75. The Morgan fingerprint density at radius 2 is 1.73 bits per heavy atom. The smallest absolute Gasteiger partial charge is 0.272 e. The molecule has 0 saturated carbocycles. The van der Waals surface area contributed by atoms with Crippen LogP contribution in [0.25, 0.3) is 0 Å². The Bertz CT molecular complexity index is 485. The van der Waals surface area contributed by atoms with Crippen molar-refractivity contribution in [1.82, 2.24) is 4.72 Å². The summed E-state index contributed by atoms with van der Waals surface area (Å²) in [6.45, 7) is 5.77. The van der Waals surface area contributed by atoms with Crippen molar-refractivity contribution in [2.75, 3.05) is 6.61 Å². The zero-order chi connectivity index (χ0) is 17.1. The Kier molecular flexibility index (Phi) is 6.51. The van der Waals surface area contributed by atoms with Gasteiger partial charge in [0.1, 0.15) is 11.4 Å². The van der Waals surface area contributed by atoms with Gasteiger partial charge in [0.25, 0.3) is 6.43 Å². The van der Waals surface area contributed by atoms with Crippen LogP contribution in [0.2, 0.25) is 0 Å². The molecule has 0 radical (unpaired) electrons. The molecule has 0 saturated heterocycles. The first-order chi connectivity index (χ1) is 10.0. The van der Waals surface area contributed by atoms with E-state index in [1.165, 1.54) is 0 Å². The SMILES string of the molecule is C[C@@H](N[S@+]([O-])C(C)(C)C)c1cc(F)c(OCC(F)F)c(F)c1. The highest BCUT2D eigenvalue weighted by Crippen LogP contribution is 2.27. The molecule has 0 heterocycles. The minimum Gasteiger partial charge on any atom is -0.598 e. The summed E-state index contributed by atoms with van der Waals surface area (Å²) in [6, 6.07) is 1.36. The quantitative estimate of drug-likeness (QED) is 0.633. The lowest BCUT2D eigenvalue weighted by molar-refractivity contribution is 0.0777. The highest BCUT2D eigenvalue weighted by molar-refractivity contribution is 7.90. The summed E-state index contributed by atoms with van der Waals surface area (Å²) < 4.78 is 70.2. The fraction of sp³-hybridized carbons (Fsp3) is 0.571. The maximum atomic E-state index is 13.8. The van der Waals surface area contributed by atoms with E-state index in [0.29, 0.717) is 0 Å². The van der Waals surface area contributed by atoms with Crippen LogP contribution in [0, 0.1) is 11.6 Å². The fourth-order valence-corrected chi connectivity index (χ4v) is 2.33. The Labute approximate surface area is 130 Å². The standard InChI is InChI=1S/C14H19F4NO2S/c1-8(19-22(20)14(2,3)4)9-5-10(15)13(11(16)6-9)21-7-12(17)18/h5-6,8,12,19H,7H2,1-4H3/t8-,22-/m1/s1. The molecule has 0 aliphatic heterocycles. The van der Waals surface area contributed by atoms with Crippen LogP contribution in [0.4, 0.5) is 17.6 Å². The molecular weight excluding hydrogens is 322 g/mol. The number of alkyl halides is 2. The molecule has 3 nitrogen and oxygen atoms in total. The molecule has 0 unspecified atom stereocenters. The van der Waals surface area contributed by atoms with Crippen LogP contribution >= 0.6 is 0 Å². The predicted octanol–water partition coefficient (Wildman–Crippen LogP) is 3.72. The lowest BCUT2D eigenvalue weighted by atomic mass is 10.1. The van der Waals surface area contributed by atoms with Gasteiger partial charge in [0.05, 0.1) is 6.04 Å². The summed E-state index contributed by atoms with van der Waals surface area (Å²) in [7, 11) is 0. The van der Waals surface area contributed by atoms with E-state index in [-0.39, 0.29) is 5.56 Å². The number of hydrogen-bond acceptors (Lipinski definition) is 3. The summed E-state index contributed by atoms with van der Waals surface area (Å²) >= 11 is -1.42. The van der Waals surface area contributed by atoms with Crippen molar-refractivity contribution in [2.24, 2.45) is 0 Å². The van der Waals surface area contributed by atoms with Crippen LogP contribution in [-0.2, 0) is 11.4 Å². The van der Waals surface area contributed by atoms with Crippen molar-refractivity contribution < 1.29 is 26.9 Å². The van der Waals surface area contributed by atoms with Crippen molar-refractivity contribution in [3.05, 3.63) is 29.3 Å². The first kappa shape index (κ1) is 19.1. The number of hydrogen-bond donors (Lipinski definition) is 1. The van der Waals surface area contributed by atoms with Crippen LogP contribution in [0.1, 0.15) is 39.3 Å². The van der Waals surface area contributed by atoms with Crippen molar-refractivity contribution in [1.29, 1.82) is 0 Å². The van der Waals surface area contributed by atoms with Gasteiger partial charge in [-0.15, -0.1) is 4.72 Å². The second kappa shape index (κ2) is 7.52. The monoisotopic (exact) mass is 341 g/mol. The second-order valence-electron chi connectivity index (χ2n) is 5.74. The van der Waals surface area contributed by atoms with Gasteiger partial charge in [-0.05, 0) is 45.4 Å². The van der Waals surface area contributed by atoms with Crippen LogP contribution < -0.4 is 9.46 Å². The van der Waals surface area contributed by atoms with Gasteiger partial charge in [-0.2, -0.15) is 0 Å². The topological polar surface area (TPSA) is 44.3 Å². The van der Waals surface area contributed by atoms with Crippen LogP contribution in [0.15, 0.2) is 12.1 Å². The average molecular weight is 341 g/mol. The molecule has 0 aromatic heterocycles. The molecule has 8 heteroatoms. The summed E-state index contributed by atoms with van der Waals surface area (Å²) in [6.07, 6.45) is -2.83. The lowest BCUT2D eigenvalue weighted by Crippen LogP contribution is -2.40. The molecule has 22 heavy (non-hydrogen) atoms. The molecule has 0 aliphatic rings. The maximum absolute atomic E-state index is 13.8. The van der Waals surface area contributed by atoms with Gasteiger partial charge in [-0.1, -0.05) is 0 Å². The molecule has 126 valence electrons. The van der Waals surface area contributed by atoms with E-state index in [2.05, 4.69) is 9.46 Å². The van der Waals surface area contributed by atoms with Gasteiger partial charge in [0.15, 0.2) is 17.4 Å². The Balaban J connectivity index is 2.89. The van der Waals surface area contributed by atoms with Gasteiger partial charge in [-0.3, -0.25) is 0 Å². The summed E-state index contributed by atoms with van der Waals surface area (Å²) in [5.41, 5.74) is 0.206. The van der Waals surface area contributed by atoms with E-state index in [0.717, 1.165) is 12.1 Å². The molecule has 0 aliphatic carbocycles. The van der Waals surface area contributed by atoms with E-state index in [1.807, 2.05) is 0 Å². The molecule has 0 bridgehead atoms. The van der Waals surface area contributed by atoms with Crippen molar-refractivity contribution in [3.63, 3.8) is 0 Å². The van der Waals surface area contributed by atoms with E-state index < -0.39 is 52.6 Å². The lowest BCUT2D eigenvalue weighted by Gasteiger charge is -2.26. The zero-order valence-corrected chi connectivity index (χ0v) is 13.6. The van der Waals surface area contributed by atoms with E-state index >= 15 is 0 Å². The molecule has 0 spiro atoms. The van der Waals surface area contributed by atoms with E-state index in [9.17, 15) is 22.1 Å². The van der Waals surface area contributed by atoms with Crippen molar-refractivity contribution >= 4 is 11.4 Å². The summed E-state index contributed by atoms with van der Waals surface area (Å²) in [5, 5.41) is 0. The Hall–Kier alpha value is -0.990. The summed E-state index contributed by atoms with van der Waals surface area (Å²) in [5.74, 6) is -3.00. The molecule has 1 aromatic carbocycles. The van der Waals surface area contributed by atoms with E-state index in [1.54, 1.807) is 27.7 Å². The fourth-order valence-electron chi connectivity index (χ4n) is 1.52. The third-order valence-corrected chi connectivity index (χ3v) is 4.39. The molecule has 1 rings (SSSR count). The third kappa shape index (κ3) is 5.33. The normalized spacial score (nSPS) is 15.0. The number of nitrogens with one attached hydrogen (secondary N) is 1. The largest absolute Gasteiger partial charge is 0.598 e. The molecular formula is C14H19F4NO2S. The number of rotatable bonds is 6. The van der Waals surface area contributed by atoms with Crippen LogP contribution in [0.5, 0.6) is 5.75 Å². The molecule has 1 aromatic rings. The van der Waals surface area contributed by atoms with E-state index in [4.69, 9.17) is 0 Å². The first-order valence-electron chi connectivity index (χ1n) is 6.60.